The van der Waals surface area contributed by atoms with Gasteiger partial charge in [-0.2, -0.15) is 0 Å². The van der Waals surface area contributed by atoms with Gasteiger partial charge in [0.2, 0.25) is 0 Å². The number of esters is 1. The first-order valence-electron chi connectivity index (χ1n) is 8.85. The monoisotopic (exact) mass is 348 g/mol. The molecule has 3 heteroatoms. The number of allylic oxidation sites excluding steroid dienone is 1. The zero-order chi connectivity index (χ0) is 18.5. The summed E-state index contributed by atoms with van der Waals surface area (Å²) in [6.07, 6.45) is 1.40. The van der Waals surface area contributed by atoms with Crippen LogP contribution < -0.4 is 0 Å². The summed E-state index contributed by atoms with van der Waals surface area (Å²) in [5.74, 6) is 0.247. The zero-order valence-corrected chi connectivity index (χ0v) is 15.3. The third kappa shape index (κ3) is 3.72. The number of hydrogen-bond acceptors (Lipinski definition) is 3. The largest absolute Gasteiger partial charge is 0.489 e. The molecule has 26 heavy (non-hydrogen) atoms. The first-order chi connectivity index (χ1) is 12.6. The molecule has 1 aliphatic heterocycles. The summed E-state index contributed by atoms with van der Waals surface area (Å²) in [6.45, 7) is 6.10. The first-order valence-corrected chi connectivity index (χ1v) is 8.85. The van der Waals surface area contributed by atoms with Crippen molar-refractivity contribution in [2.24, 2.45) is 5.92 Å². The van der Waals surface area contributed by atoms with Gasteiger partial charge in [-0.15, -0.1) is 0 Å². The average Bonchev–Trinajstić information content (AvgIpc) is 3.02. The van der Waals surface area contributed by atoms with E-state index in [1.807, 2.05) is 55.5 Å². The standard InChI is InChI=1S/C23H24O3/c1-16(19-12-8-5-9-13-19)22-20(15-14-18-10-6-4-7-11-18)21(17(2)26-22)23(24)25-3/h4-13,20,22H,1,14-15H2,2-3H3/t20-,22+/m0/s1. The zero-order valence-electron chi connectivity index (χ0n) is 15.3. The molecule has 3 nitrogen and oxygen atoms in total. The summed E-state index contributed by atoms with van der Waals surface area (Å²) in [6, 6.07) is 20.3. The highest BCUT2D eigenvalue weighted by atomic mass is 16.5. The van der Waals surface area contributed by atoms with E-state index in [4.69, 9.17) is 9.47 Å². The lowest BCUT2D eigenvalue weighted by Crippen LogP contribution is -2.24. The van der Waals surface area contributed by atoms with Crippen molar-refractivity contribution >= 4 is 11.5 Å². The van der Waals surface area contributed by atoms with Crippen LogP contribution in [0.2, 0.25) is 0 Å². The van der Waals surface area contributed by atoms with E-state index in [1.54, 1.807) is 0 Å². The molecule has 0 bridgehead atoms. The Labute approximate surface area is 155 Å². The summed E-state index contributed by atoms with van der Waals surface area (Å²) in [4.78, 5) is 12.4. The molecule has 2 aromatic carbocycles. The van der Waals surface area contributed by atoms with Gasteiger partial charge in [-0.1, -0.05) is 67.2 Å². The third-order valence-electron chi connectivity index (χ3n) is 4.90. The van der Waals surface area contributed by atoms with Crippen LogP contribution in [0, 0.1) is 5.92 Å². The lowest BCUT2D eigenvalue weighted by atomic mass is 9.84. The lowest BCUT2D eigenvalue weighted by Gasteiger charge is -2.23. The number of hydrogen-bond donors (Lipinski definition) is 0. The van der Waals surface area contributed by atoms with Crippen LogP contribution in [0.3, 0.4) is 0 Å². The van der Waals surface area contributed by atoms with Crippen LogP contribution in [0.25, 0.3) is 5.57 Å². The minimum absolute atomic E-state index is 0.0737. The Kier molecular flexibility index (Phi) is 5.57. The number of carbonyl (C=O) groups excluding carboxylic acids is 1. The topological polar surface area (TPSA) is 35.5 Å². The highest BCUT2D eigenvalue weighted by Crippen LogP contribution is 2.40. The van der Waals surface area contributed by atoms with Crippen LogP contribution in [0.5, 0.6) is 0 Å². The van der Waals surface area contributed by atoms with E-state index in [-0.39, 0.29) is 18.0 Å². The summed E-state index contributed by atoms with van der Waals surface area (Å²) >= 11 is 0. The number of rotatable bonds is 6. The SMILES string of the molecule is C=C(c1ccccc1)[C@H]1OC(C)=C(C(=O)OC)[C@@H]1CCc1ccccc1. The molecular weight excluding hydrogens is 324 g/mol. The summed E-state index contributed by atoms with van der Waals surface area (Å²) in [5, 5.41) is 0. The molecule has 0 saturated carbocycles. The maximum Gasteiger partial charge on any atom is 0.337 e. The highest BCUT2D eigenvalue weighted by Gasteiger charge is 2.40. The van der Waals surface area contributed by atoms with Crippen molar-refractivity contribution in [1.82, 2.24) is 0 Å². The van der Waals surface area contributed by atoms with Gasteiger partial charge in [-0.3, -0.25) is 0 Å². The van der Waals surface area contributed by atoms with Crippen LogP contribution in [-0.4, -0.2) is 19.2 Å². The van der Waals surface area contributed by atoms with Gasteiger partial charge in [0.15, 0.2) is 0 Å². The van der Waals surface area contributed by atoms with Crippen molar-refractivity contribution in [3.05, 3.63) is 89.7 Å². The second kappa shape index (κ2) is 8.05. The Morgan fingerprint density at radius 1 is 1.08 bits per heavy atom. The molecular formula is C23H24O3. The van der Waals surface area contributed by atoms with E-state index >= 15 is 0 Å². The van der Waals surface area contributed by atoms with Crippen LogP contribution in [-0.2, 0) is 20.7 Å². The smallest absolute Gasteiger partial charge is 0.337 e. The summed E-state index contributed by atoms with van der Waals surface area (Å²) < 4.78 is 11.1. The highest BCUT2D eigenvalue weighted by molar-refractivity contribution is 5.91. The van der Waals surface area contributed by atoms with Gasteiger partial charge >= 0.3 is 5.97 Å². The Balaban J connectivity index is 1.86. The Morgan fingerprint density at radius 3 is 2.31 bits per heavy atom. The van der Waals surface area contributed by atoms with Gasteiger partial charge in [0, 0.05) is 5.92 Å². The molecule has 134 valence electrons. The molecule has 1 heterocycles. The Morgan fingerprint density at radius 2 is 1.69 bits per heavy atom. The van der Waals surface area contributed by atoms with Crippen molar-refractivity contribution < 1.29 is 14.3 Å². The fourth-order valence-corrected chi connectivity index (χ4v) is 3.55. The third-order valence-corrected chi connectivity index (χ3v) is 4.90. The molecule has 0 spiro atoms. The number of aryl methyl sites for hydroxylation is 1. The molecule has 0 fully saturated rings. The van der Waals surface area contributed by atoms with E-state index < -0.39 is 0 Å². The molecule has 0 aliphatic carbocycles. The molecule has 0 saturated heterocycles. The lowest BCUT2D eigenvalue weighted by molar-refractivity contribution is -0.136. The van der Waals surface area contributed by atoms with Gasteiger partial charge < -0.3 is 9.47 Å². The molecule has 0 aromatic heterocycles. The molecule has 0 radical (unpaired) electrons. The van der Waals surface area contributed by atoms with E-state index in [0.29, 0.717) is 11.3 Å². The van der Waals surface area contributed by atoms with Crippen molar-refractivity contribution in [3.8, 4) is 0 Å². The first kappa shape index (κ1) is 18.0. The molecule has 0 N–H and O–H groups in total. The van der Waals surface area contributed by atoms with E-state index in [0.717, 1.165) is 24.0 Å². The Bertz CT molecular complexity index is 806. The molecule has 2 aromatic rings. The van der Waals surface area contributed by atoms with Gasteiger partial charge in [0.25, 0.3) is 0 Å². The van der Waals surface area contributed by atoms with E-state index in [2.05, 4.69) is 18.7 Å². The average molecular weight is 348 g/mol. The van der Waals surface area contributed by atoms with Gasteiger partial charge in [0.05, 0.1) is 12.7 Å². The minimum atomic E-state index is -0.316. The van der Waals surface area contributed by atoms with Gasteiger partial charge in [0.1, 0.15) is 11.9 Å². The maximum absolute atomic E-state index is 12.4. The van der Waals surface area contributed by atoms with E-state index in [1.165, 1.54) is 12.7 Å². The number of ether oxygens (including phenoxy) is 2. The van der Waals surface area contributed by atoms with Crippen LogP contribution in [0.4, 0.5) is 0 Å². The molecule has 0 unspecified atom stereocenters. The van der Waals surface area contributed by atoms with Crippen LogP contribution in [0.1, 0.15) is 24.5 Å². The fraction of sp³-hybridized carbons (Fsp3) is 0.261. The number of benzene rings is 2. The van der Waals surface area contributed by atoms with Crippen LogP contribution >= 0.6 is 0 Å². The number of methoxy groups -OCH3 is 1. The molecule has 3 rings (SSSR count). The van der Waals surface area contributed by atoms with E-state index in [9.17, 15) is 4.79 Å². The summed E-state index contributed by atoms with van der Waals surface area (Å²) in [5.41, 5.74) is 3.79. The van der Waals surface area contributed by atoms with Crippen molar-refractivity contribution in [1.29, 1.82) is 0 Å². The molecule has 1 aliphatic rings. The normalized spacial score (nSPS) is 19.2. The van der Waals surface area contributed by atoms with Gasteiger partial charge in [-0.25, -0.2) is 4.79 Å². The second-order valence-corrected chi connectivity index (χ2v) is 6.52. The molecule has 0 amide bonds. The molecule has 2 atom stereocenters. The minimum Gasteiger partial charge on any atom is -0.489 e. The predicted octanol–water partition coefficient (Wildman–Crippen LogP) is 4.79. The van der Waals surface area contributed by atoms with Gasteiger partial charge in [-0.05, 0) is 36.5 Å². The van der Waals surface area contributed by atoms with Crippen molar-refractivity contribution in [2.45, 2.75) is 25.9 Å². The quantitative estimate of drug-likeness (QED) is 0.704. The predicted molar refractivity (Wildman–Crippen MR) is 103 cm³/mol. The maximum atomic E-state index is 12.4. The number of carbonyl (C=O) groups is 1. The van der Waals surface area contributed by atoms with Crippen molar-refractivity contribution in [3.63, 3.8) is 0 Å². The fourth-order valence-electron chi connectivity index (χ4n) is 3.55. The Hall–Kier alpha value is -2.81. The van der Waals surface area contributed by atoms with Crippen molar-refractivity contribution in [2.75, 3.05) is 7.11 Å². The summed E-state index contributed by atoms with van der Waals surface area (Å²) in [7, 11) is 1.41. The second-order valence-electron chi connectivity index (χ2n) is 6.52. The van der Waals surface area contributed by atoms with Crippen LogP contribution in [0.15, 0.2) is 78.6 Å².